The fraction of sp³-hybridized carbons (Fsp3) is 0. The van der Waals surface area contributed by atoms with E-state index in [0.29, 0.717) is 0 Å². The van der Waals surface area contributed by atoms with Crippen molar-refractivity contribution in [3.05, 3.63) is 40.9 Å². The second-order valence-corrected chi connectivity index (χ2v) is 2.67. The fourth-order valence-corrected chi connectivity index (χ4v) is 0.863. The first-order chi connectivity index (χ1) is 4.33. The summed E-state index contributed by atoms with van der Waals surface area (Å²) in [5.74, 6) is 0. The van der Waals surface area contributed by atoms with Crippen molar-refractivity contribution in [1.82, 2.24) is 0 Å². The van der Waals surface area contributed by atoms with Crippen molar-refractivity contribution in [2.45, 2.75) is 0 Å². The van der Waals surface area contributed by atoms with Gasteiger partial charge in [-0.3, -0.25) is 0 Å². The molecule has 0 fully saturated rings. The molecule has 0 amide bonds. The molecule has 0 aliphatic carbocycles. The third-order valence-electron chi connectivity index (χ3n) is 1.11. The van der Waals surface area contributed by atoms with Crippen LogP contribution < -0.4 is 0 Å². The number of rotatable bonds is 1. The van der Waals surface area contributed by atoms with Gasteiger partial charge in [0.1, 0.15) is 0 Å². The van der Waals surface area contributed by atoms with Crippen molar-refractivity contribution in [3.63, 3.8) is 0 Å². The van der Waals surface area contributed by atoms with E-state index < -0.39 is 0 Å². The molecule has 1 aromatic carbocycles. The molecule has 0 saturated carbocycles. The zero-order valence-electron chi connectivity index (χ0n) is 5.47. The summed E-state index contributed by atoms with van der Waals surface area (Å²) in [4.78, 5) is 0. The van der Waals surface area contributed by atoms with Crippen LogP contribution in [-0.2, 0) is 0 Å². The minimum Gasteiger partial charge on any atom is -0.197 e. The molecule has 0 unspecified atom stereocenters. The van der Waals surface area contributed by atoms with Gasteiger partial charge in [-0.25, -0.2) is 0 Å². The van der Waals surface area contributed by atoms with E-state index in [1.54, 1.807) is 0 Å². The van der Waals surface area contributed by atoms with Crippen LogP contribution in [0.4, 0.5) is 0 Å². The van der Waals surface area contributed by atoms with E-state index in [2.05, 4.69) is 22.5 Å². The highest BCUT2D eigenvalue weighted by Crippen LogP contribution is 2.10. The zero-order valence-corrected chi connectivity index (χ0v) is 8.06. The third-order valence-corrected chi connectivity index (χ3v) is 1.63. The quantitative estimate of drug-likeness (QED) is 0.677. The molecule has 0 nitrogen and oxygen atoms in total. The van der Waals surface area contributed by atoms with Gasteiger partial charge in [0.2, 0.25) is 0 Å². The zero-order chi connectivity index (χ0) is 6.69. The molecule has 54 valence electrons. The highest BCUT2D eigenvalue weighted by atomic mass is 79.9. The summed E-state index contributed by atoms with van der Waals surface area (Å²) in [5, 5.41) is 0. The molecule has 10 heavy (non-hydrogen) atoms. The molecule has 0 saturated heterocycles. The molecule has 0 aliphatic rings. The topological polar surface area (TPSA) is 0 Å². The summed E-state index contributed by atoms with van der Waals surface area (Å²) >= 11 is 3.34. The summed E-state index contributed by atoms with van der Waals surface area (Å²) in [7, 11) is 0. The predicted octanol–water partition coefficient (Wildman–Crippen LogP) is 3.20. The number of halogens is 1. The van der Waals surface area contributed by atoms with Crippen LogP contribution in [0.25, 0.3) is 6.08 Å². The van der Waals surface area contributed by atoms with Crippen LogP contribution in [0.2, 0.25) is 0 Å². The molecule has 0 atom stereocenters. The van der Waals surface area contributed by atoms with Crippen molar-refractivity contribution in [2.75, 3.05) is 0 Å². The summed E-state index contributed by atoms with van der Waals surface area (Å²) in [6.07, 6.45) is 1.83. The van der Waals surface area contributed by atoms with E-state index >= 15 is 0 Å². The molecular weight excluding hydrogens is 208 g/mol. The minimum atomic E-state index is 0. The molecule has 1 rings (SSSR count). The van der Waals surface area contributed by atoms with Gasteiger partial charge in [0, 0.05) is 4.47 Å². The lowest BCUT2D eigenvalue weighted by Crippen LogP contribution is -1.67. The van der Waals surface area contributed by atoms with E-state index in [1.165, 1.54) is 0 Å². The first-order valence-corrected chi connectivity index (χ1v) is 3.50. The average molecular weight is 217 g/mol. The first-order valence-electron chi connectivity index (χ1n) is 2.71. The molecule has 2 heteroatoms. The maximum absolute atomic E-state index is 3.65. The summed E-state index contributed by atoms with van der Waals surface area (Å²) in [5.41, 5.74) is 1.15. The Labute approximate surface area is 76.5 Å². The Bertz CT molecular complexity index is 203. The van der Waals surface area contributed by atoms with E-state index in [0.717, 1.165) is 10.0 Å². The lowest BCUT2D eigenvalue weighted by Gasteiger charge is -1.90. The second-order valence-electron chi connectivity index (χ2n) is 1.76. The van der Waals surface area contributed by atoms with E-state index in [1.807, 2.05) is 30.3 Å². The standard InChI is InChI=1S/C8H7Br.H2S/c1-2-7-3-5-8(9)6-4-7;/h2-6H,1H2;1H2. The summed E-state index contributed by atoms with van der Waals surface area (Å²) in [6, 6.07) is 8.02. The lowest BCUT2D eigenvalue weighted by molar-refractivity contribution is 1.62. The maximum Gasteiger partial charge on any atom is 0.0175 e. The van der Waals surface area contributed by atoms with Crippen LogP contribution in [0.3, 0.4) is 0 Å². The van der Waals surface area contributed by atoms with E-state index in [9.17, 15) is 0 Å². The Morgan fingerprint density at radius 3 is 2.10 bits per heavy atom. The van der Waals surface area contributed by atoms with E-state index in [4.69, 9.17) is 0 Å². The number of benzene rings is 1. The van der Waals surface area contributed by atoms with Crippen molar-refractivity contribution >= 4 is 35.5 Å². The van der Waals surface area contributed by atoms with Crippen LogP contribution in [0, 0.1) is 0 Å². The Balaban J connectivity index is 0.000000810. The van der Waals surface area contributed by atoms with Crippen LogP contribution in [0.1, 0.15) is 5.56 Å². The van der Waals surface area contributed by atoms with Gasteiger partial charge in [-0.05, 0) is 17.7 Å². The molecule has 0 spiro atoms. The monoisotopic (exact) mass is 216 g/mol. The molecule has 1 aromatic rings. The highest BCUT2D eigenvalue weighted by Gasteiger charge is 1.83. The van der Waals surface area contributed by atoms with Gasteiger partial charge < -0.3 is 0 Å². The van der Waals surface area contributed by atoms with Crippen LogP contribution in [0.5, 0.6) is 0 Å². The SMILES string of the molecule is C=Cc1ccc(Br)cc1.S. The Morgan fingerprint density at radius 2 is 1.70 bits per heavy atom. The second kappa shape index (κ2) is 4.58. The normalized spacial score (nSPS) is 8.10. The van der Waals surface area contributed by atoms with Crippen LogP contribution >= 0.6 is 29.4 Å². The van der Waals surface area contributed by atoms with Crippen molar-refractivity contribution in [2.24, 2.45) is 0 Å². The average Bonchev–Trinajstić information content (AvgIpc) is 1.90. The maximum atomic E-state index is 3.65. The third kappa shape index (κ3) is 2.58. The summed E-state index contributed by atoms with van der Waals surface area (Å²) in [6.45, 7) is 3.65. The number of hydrogen-bond donors (Lipinski definition) is 0. The van der Waals surface area contributed by atoms with Crippen molar-refractivity contribution < 1.29 is 0 Å². The van der Waals surface area contributed by atoms with Crippen molar-refractivity contribution in [1.29, 1.82) is 0 Å². The van der Waals surface area contributed by atoms with Gasteiger partial charge in [0.15, 0.2) is 0 Å². The van der Waals surface area contributed by atoms with E-state index in [-0.39, 0.29) is 13.5 Å². The first kappa shape index (κ1) is 9.79. The Kier molecular flexibility index (Phi) is 4.49. The lowest BCUT2D eigenvalue weighted by atomic mass is 10.2. The van der Waals surface area contributed by atoms with Gasteiger partial charge in [-0.1, -0.05) is 40.7 Å². The van der Waals surface area contributed by atoms with Gasteiger partial charge in [0.25, 0.3) is 0 Å². The van der Waals surface area contributed by atoms with Crippen molar-refractivity contribution in [3.8, 4) is 0 Å². The summed E-state index contributed by atoms with van der Waals surface area (Å²) < 4.78 is 1.10. The highest BCUT2D eigenvalue weighted by molar-refractivity contribution is 9.10. The number of hydrogen-bond acceptors (Lipinski definition) is 0. The van der Waals surface area contributed by atoms with Gasteiger partial charge >= 0.3 is 0 Å². The van der Waals surface area contributed by atoms with Gasteiger partial charge in [-0.15, -0.1) is 0 Å². The minimum absolute atomic E-state index is 0. The smallest absolute Gasteiger partial charge is 0.0175 e. The molecule has 0 bridgehead atoms. The van der Waals surface area contributed by atoms with Gasteiger partial charge in [0.05, 0.1) is 0 Å². The molecule has 0 aliphatic heterocycles. The molecular formula is C8H9BrS. The predicted molar refractivity (Wildman–Crippen MR) is 54.6 cm³/mol. The molecule has 0 radical (unpaired) electrons. The Morgan fingerprint density at radius 1 is 1.20 bits per heavy atom. The van der Waals surface area contributed by atoms with Crippen LogP contribution in [0.15, 0.2) is 35.3 Å². The molecule has 0 aromatic heterocycles. The fourth-order valence-electron chi connectivity index (χ4n) is 0.599. The largest absolute Gasteiger partial charge is 0.197 e. The van der Waals surface area contributed by atoms with Gasteiger partial charge in [-0.2, -0.15) is 13.5 Å². The molecule has 0 N–H and O–H groups in total. The van der Waals surface area contributed by atoms with Crippen LogP contribution in [-0.4, -0.2) is 0 Å². The molecule has 0 heterocycles. The Hall–Kier alpha value is -0.210.